The summed E-state index contributed by atoms with van der Waals surface area (Å²) in [6, 6.07) is 6.65. The molecule has 0 fully saturated rings. The summed E-state index contributed by atoms with van der Waals surface area (Å²) in [5.74, 6) is -2.31. The van der Waals surface area contributed by atoms with Crippen LogP contribution in [0.1, 0.15) is 18.5 Å². The van der Waals surface area contributed by atoms with Gasteiger partial charge in [-0.1, -0.05) is 34.1 Å². The number of rotatable bonds is 5. The SMILES string of the molecule is C[C@@H](NS(=O)(=O)CC(=O)O)c1ccccc1Br. The average molecular weight is 322 g/mol. The largest absolute Gasteiger partial charge is 0.480 e. The first-order valence-electron chi connectivity index (χ1n) is 4.78. The summed E-state index contributed by atoms with van der Waals surface area (Å²) in [6.45, 7) is 1.65. The van der Waals surface area contributed by atoms with Crippen LogP contribution in [0, 0.1) is 0 Å². The Hall–Kier alpha value is -0.920. The number of carboxylic acids is 1. The van der Waals surface area contributed by atoms with Crippen LogP contribution in [0.15, 0.2) is 28.7 Å². The van der Waals surface area contributed by atoms with Gasteiger partial charge in [0.05, 0.1) is 0 Å². The van der Waals surface area contributed by atoms with Crippen molar-refractivity contribution in [2.24, 2.45) is 0 Å². The monoisotopic (exact) mass is 321 g/mol. The Morgan fingerprint density at radius 2 is 2.06 bits per heavy atom. The number of hydrogen-bond donors (Lipinski definition) is 2. The second-order valence-electron chi connectivity index (χ2n) is 3.51. The van der Waals surface area contributed by atoms with E-state index in [9.17, 15) is 13.2 Å². The van der Waals surface area contributed by atoms with E-state index in [1.807, 2.05) is 6.07 Å². The van der Waals surface area contributed by atoms with Gasteiger partial charge >= 0.3 is 5.97 Å². The molecule has 0 saturated heterocycles. The summed E-state index contributed by atoms with van der Waals surface area (Å²) in [7, 11) is -3.82. The van der Waals surface area contributed by atoms with E-state index in [0.29, 0.717) is 0 Å². The molecule has 0 heterocycles. The summed E-state index contributed by atoms with van der Waals surface area (Å²) in [5, 5.41) is 8.46. The number of nitrogens with one attached hydrogen (secondary N) is 1. The highest BCUT2D eigenvalue weighted by Crippen LogP contribution is 2.23. The second-order valence-corrected chi connectivity index (χ2v) is 6.12. The molecule has 0 spiro atoms. The maximum absolute atomic E-state index is 11.4. The van der Waals surface area contributed by atoms with Gasteiger partial charge in [-0.2, -0.15) is 0 Å². The molecule has 5 nitrogen and oxygen atoms in total. The molecule has 0 bridgehead atoms. The maximum atomic E-state index is 11.4. The number of carbonyl (C=O) groups is 1. The van der Waals surface area contributed by atoms with Crippen LogP contribution in [-0.4, -0.2) is 25.2 Å². The quantitative estimate of drug-likeness (QED) is 0.861. The Kier molecular flexibility index (Phi) is 4.67. The van der Waals surface area contributed by atoms with Crippen molar-refractivity contribution in [2.45, 2.75) is 13.0 Å². The van der Waals surface area contributed by atoms with Crippen LogP contribution < -0.4 is 4.72 Å². The van der Waals surface area contributed by atoms with E-state index in [0.717, 1.165) is 10.0 Å². The van der Waals surface area contributed by atoms with Crippen molar-refractivity contribution in [3.63, 3.8) is 0 Å². The van der Waals surface area contributed by atoms with Crippen LogP contribution in [0.2, 0.25) is 0 Å². The van der Waals surface area contributed by atoms with Crippen molar-refractivity contribution in [3.05, 3.63) is 34.3 Å². The van der Waals surface area contributed by atoms with Gasteiger partial charge in [-0.3, -0.25) is 4.79 Å². The van der Waals surface area contributed by atoms with E-state index >= 15 is 0 Å². The van der Waals surface area contributed by atoms with Gasteiger partial charge in [-0.15, -0.1) is 0 Å². The summed E-state index contributed by atoms with van der Waals surface area (Å²) in [4.78, 5) is 10.4. The van der Waals surface area contributed by atoms with Crippen molar-refractivity contribution in [3.8, 4) is 0 Å². The molecule has 17 heavy (non-hydrogen) atoms. The topological polar surface area (TPSA) is 83.5 Å². The predicted molar refractivity (Wildman–Crippen MR) is 67.1 cm³/mol. The fourth-order valence-electron chi connectivity index (χ4n) is 1.36. The van der Waals surface area contributed by atoms with Crippen LogP contribution in [-0.2, 0) is 14.8 Å². The molecule has 1 rings (SSSR count). The van der Waals surface area contributed by atoms with E-state index < -0.39 is 27.8 Å². The molecule has 0 amide bonds. The molecular weight excluding hydrogens is 310 g/mol. The molecule has 0 radical (unpaired) electrons. The minimum absolute atomic E-state index is 0.491. The third-order valence-electron chi connectivity index (χ3n) is 2.04. The van der Waals surface area contributed by atoms with Crippen molar-refractivity contribution >= 4 is 31.9 Å². The standard InChI is InChI=1S/C10H12BrNO4S/c1-7(8-4-2-3-5-9(8)11)12-17(15,16)6-10(13)14/h2-5,7,12H,6H2,1H3,(H,13,14)/t7-/m1/s1. The van der Waals surface area contributed by atoms with Crippen LogP contribution in [0.25, 0.3) is 0 Å². The van der Waals surface area contributed by atoms with Crippen LogP contribution >= 0.6 is 15.9 Å². The number of benzene rings is 1. The Bertz CT molecular complexity index is 515. The Balaban J connectivity index is 2.83. The molecule has 94 valence electrons. The van der Waals surface area contributed by atoms with Gasteiger partial charge < -0.3 is 5.11 Å². The van der Waals surface area contributed by atoms with Crippen molar-refractivity contribution in [1.82, 2.24) is 4.72 Å². The molecule has 1 aromatic carbocycles. The van der Waals surface area contributed by atoms with Gasteiger partial charge in [0.25, 0.3) is 0 Å². The molecule has 0 aliphatic rings. The molecule has 7 heteroatoms. The van der Waals surface area contributed by atoms with Gasteiger partial charge in [0, 0.05) is 10.5 Å². The fraction of sp³-hybridized carbons (Fsp3) is 0.300. The molecule has 1 aromatic rings. The number of halogens is 1. The zero-order valence-electron chi connectivity index (χ0n) is 9.05. The molecule has 0 unspecified atom stereocenters. The van der Waals surface area contributed by atoms with Crippen molar-refractivity contribution in [1.29, 1.82) is 0 Å². The van der Waals surface area contributed by atoms with Crippen molar-refractivity contribution < 1.29 is 18.3 Å². The van der Waals surface area contributed by atoms with E-state index in [2.05, 4.69) is 20.7 Å². The minimum Gasteiger partial charge on any atom is -0.480 e. The minimum atomic E-state index is -3.82. The number of hydrogen-bond acceptors (Lipinski definition) is 3. The third kappa shape index (κ3) is 4.45. The smallest absolute Gasteiger partial charge is 0.320 e. The third-order valence-corrected chi connectivity index (χ3v) is 4.10. The average Bonchev–Trinajstić information content (AvgIpc) is 2.14. The predicted octanol–water partition coefficient (Wildman–Crippen LogP) is 1.51. The Labute approximate surface area is 108 Å². The van der Waals surface area contributed by atoms with E-state index in [1.54, 1.807) is 25.1 Å². The van der Waals surface area contributed by atoms with Crippen molar-refractivity contribution in [2.75, 3.05) is 5.75 Å². The molecule has 0 aliphatic carbocycles. The molecule has 0 aromatic heterocycles. The maximum Gasteiger partial charge on any atom is 0.320 e. The lowest BCUT2D eigenvalue weighted by Crippen LogP contribution is -2.32. The molecular formula is C10H12BrNO4S. The lowest BCUT2D eigenvalue weighted by molar-refractivity contribution is -0.134. The van der Waals surface area contributed by atoms with E-state index in [-0.39, 0.29) is 0 Å². The Morgan fingerprint density at radius 3 is 2.59 bits per heavy atom. The first-order valence-corrected chi connectivity index (χ1v) is 7.22. The van der Waals surface area contributed by atoms with Crippen LogP contribution in [0.5, 0.6) is 0 Å². The lowest BCUT2D eigenvalue weighted by Gasteiger charge is -2.15. The van der Waals surface area contributed by atoms with Crippen LogP contribution in [0.3, 0.4) is 0 Å². The molecule has 1 atom stereocenters. The molecule has 0 aliphatic heterocycles. The molecule has 2 N–H and O–H groups in total. The van der Waals surface area contributed by atoms with Gasteiger partial charge in [-0.05, 0) is 18.6 Å². The summed E-state index contributed by atoms with van der Waals surface area (Å²) in [6.07, 6.45) is 0. The zero-order valence-corrected chi connectivity index (χ0v) is 11.5. The van der Waals surface area contributed by atoms with Gasteiger partial charge in [0.15, 0.2) is 5.75 Å². The van der Waals surface area contributed by atoms with Crippen LogP contribution in [0.4, 0.5) is 0 Å². The zero-order chi connectivity index (χ0) is 13.1. The second kappa shape index (κ2) is 5.61. The normalized spacial score (nSPS) is 13.3. The highest BCUT2D eigenvalue weighted by atomic mass is 79.9. The summed E-state index contributed by atoms with van der Waals surface area (Å²) >= 11 is 3.30. The highest BCUT2D eigenvalue weighted by molar-refractivity contribution is 9.10. The summed E-state index contributed by atoms with van der Waals surface area (Å²) in [5.41, 5.74) is 0.751. The number of sulfonamides is 1. The van der Waals surface area contributed by atoms with Gasteiger partial charge in [-0.25, -0.2) is 13.1 Å². The fourth-order valence-corrected chi connectivity index (χ4v) is 3.07. The number of aliphatic carboxylic acids is 1. The van der Waals surface area contributed by atoms with Gasteiger partial charge in [0.2, 0.25) is 10.0 Å². The first-order chi connectivity index (χ1) is 7.82. The first kappa shape index (κ1) is 14.1. The van der Waals surface area contributed by atoms with Gasteiger partial charge in [0.1, 0.15) is 0 Å². The summed E-state index contributed by atoms with van der Waals surface area (Å²) < 4.78 is 25.9. The highest BCUT2D eigenvalue weighted by Gasteiger charge is 2.20. The Morgan fingerprint density at radius 1 is 1.47 bits per heavy atom. The lowest BCUT2D eigenvalue weighted by atomic mass is 10.1. The molecule has 0 saturated carbocycles. The number of carboxylic acid groups (broad SMARTS) is 1. The van der Waals surface area contributed by atoms with E-state index in [1.165, 1.54) is 0 Å². The van der Waals surface area contributed by atoms with E-state index in [4.69, 9.17) is 5.11 Å².